The molecule has 6 bridgehead atoms. The van der Waals surface area contributed by atoms with Gasteiger partial charge in [0.15, 0.2) is 0 Å². The first-order valence-electron chi connectivity index (χ1n) is 23.8. The van der Waals surface area contributed by atoms with Crippen LogP contribution < -0.4 is 5.32 Å². The fraction of sp³-hybridized carbons (Fsp3) is 0.840. The molecule has 0 spiro atoms. The molecule has 0 aromatic rings. The van der Waals surface area contributed by atoms with Gasteiger partial charge in [0.1, 0.15) is 17.7 Å². The molecule has 8 rings (SSSR count). The molecule has 8 fully saturated rings. The van der Waals surface area contributed by atoms with Crippen molar-refractivity contribution in [3.05, 3.63) is 24.8 Å². The second-order valence-electron chi connectivity index (χ2n) is 22.5. The number of ether oxygens (including phenoxy) is 3. The number of methoxy groups -OCH3 is 2. The number of piperidine rings is 1. The van der Waals surface area contributed by atoms with Crippen molar-refractivity contribution in [2.45, 2.75) is 150 Å². The number of hydrogen-bond donors (Lipinski definition) is 2. The summed E-state index contributed by atoms with van der Waals surface area (Å²) in [5, 5.41) is 13.8. The summed E-state index contributed by atoms with van der Waals surface area (Å²) < 4.78 is 44.8. The number of amides is 2. The highest BCUT2D eigenvalue weighted by molar-refractivity contribution is 5.94. The summed E-state index contributed by atoms with van der Waals surface area (Å²) in [7, 11) is 3.47. The third-order valence-electron chi connectivity index (χ3n) is 20.2. The molecule has 0 aromatic heterocycles. The zero-order valence-electron chi connectivity index (χ0n) is 39.1. The molecule has 0 radical (unpaired) electrons. The molecule has 5 unspecified atom stereocenters. The molecule has 8 aliphatic rings. The Bertz CT molecular complexity index is 1810. The van der Waals surface area contributed by atoms with Crippen LogP contribution in [-0.4, -0.2) is 91.8 Å². The highest BCUT2D eigenvalue weighted by atomic mass is 19.1. The lowest BCUT2D eigenvalue weighted by Gasteiger charge is -2.61. The molecule has 19 atom stereocenters. The number of nitrogens with one attached hydrogen (secondary N) is 1. The zero-order chi connectivity index (χ0) is 45.4. The standard InChI is InChI=1S/C29H43FN2O5.C21H33FO3/c1-17-6-9-29-10-7-21(36-5)23(29)28(17,4)22(14-27(3,11-12-30)24(33)18(29)2)37-26(35)31-25(34)20-16-32-13-8-19(20)15-32;1-13-6-8-21-9-7-15(25-5)17(21)20(13,4)16(23)12-19(3,10-11-22)18(24)14(21)2/h11-12,17-23H,6-10,13-16H2,1-5H3,(H,31,34,35);10-11,13-17,23H,6-9,12H2,1-5H3/b12-11+;11-10+/t17-,18+,19-,20+,21-,22-,23?,27-,28+,29?;13-,14+,15-,16-,17?,19-,20+,21?/m11/s1. The van der Waals surface area contributed by atoms with Crippen LogP contribution in [0.5, 0.6) is 0 Å². The second-order valence-corrected chi connectivity index (χ2v) is 22.5. The SMILES string of the molecule is CO[C@@H]1CCC23CC[C@@H](C)[C@](C)(C12)[C@H](O)C[C@@](C)(/C=C/F)C(=O)[C@@H]3C.CO[C@@H]1CCC23CC[C@@H](C)[C@](C)(C12)[C@H](OC(=O)NC(=O)[C@H]1CN2CC[C@@H]1C2)C[C@@](C)(/C=C/F)C(=O)[C@@H]3C. The van der Waals surface area contributed by atoms with Gasteiger partial charge in [-0.3, -0.25) is 19.7 Å². The number of allylic oxidation sites excluding steroid dienone is 2. The molecule has 2 amide bonds. The van der Waals surface area contributed by atoms with E-state index in [4.69, 9.17) is 14.2 Å². The Hall–Kier alpha value is -2.54. The third-order valence-corrected chi connectivity index (χ3v) is 20.2. The molecule has 6 saturated carbocycles. The Morgan fingerprint density at radius 1 is 0.726 bits per heavy atom. The Morgan fingerprint density at radius 2 is 1.21 bits per heavy atom. The number of halogens is 2. The van der Waals surface area contributed by atoms with Crippen LogP contribution in [-0.2, 0) is 28.6 Å². The highest BCUT2D eigenvalue weighted by Gasteiger charge is 2.70. The lowest BCUT2D eigenvalue weighted by atomic mass is 9.44. The molecule has 2 saturated heterocycles. The highest BCUT2D eigenvalue weighted by Crippen LogP contribution is 2.70. The monoisotopic (exact) mass is 871 g/mol. The molecule has 12 heteroatoms. The molecule has 2 heterocycles. The fourth-order valence-corrected chi connectivity index (χ4v) is 16.1. The van der Waals surface area contributed by atoms with Gasteiger partial charge in [-0.1, -0.05) is 41.5 Å². The summed E-state index contributed by atoms with van der Waals surface area (Å²) in [5.74, 6) is 0.135. The van der Waals surface area contributed by atoms with Crippen LogP contribution in [0.3, 0.4) is 0 Å². The van der Waals surface area contributed by atoms with Gasteiger partial charge in [0.05, 0.1) is 42.3 Å². The van der Waals surface area contributed by atoms with E-state index in [2.05, 4.69) is 37.9 Å². The van der Waals surface area contributed by atoms with Gasteiger partial charge in [-0.15, -0.1) is 0 Å². The number of hydrogen-bond acceptors (Lipinski definition) is 9. The number of carbonyl (C=O) groups excluding carboxylic acids is 4. The number of fused-ring (bicyclic) bond motifs is 2. The Kier molecular flexibility index (Phi) is 13.0. The van der Waals surface area contributed by atoms with Crippen LogP contribution >= 0.6 is 0 Å². The molecule has 62 heavy (non-hydrogen) atoms. The lowest BCUT2D eigenvalue weighted by molar-refractivity contribution is -0.189. The maximum Gasteiger partial charge on any atom is 0.414 e. The molecule has 2 aliphatic heterocycles. The van der Waals surface area contributed by atoms with E-state index < -0.39 is 34.5 Å². The lowest BCUT2D eigenvalue weighted by Crippen LogP contribution is -2.63. The number of carbonyl (C=O) groups is 4. The first-order chi connectivity index (χ1) is 29.2. The van der Waals surface area contributed by atoms with Gasteiger partial charge >= 0.3 is 6.09 Å². The van der Waals surface area contributed by atoms with E-state index in [0.29, 0.717) is 25.1 Å². The van der Waals surface area contributed by atoms with Crippen molar-refractivity contribution in [1.82, 2.24) is 10.2 Å². The molecule has 0 aromatic carbocycles. The summed E-state index contributed by atoms with van der Waals surface area (Å²) in [6, 6.07) is 0. The van der Waals surface area contributed by atoms with Crippen molar-refractivity contribution in [2.24, 2.45) is 79.8 Å². The summed E-state index contributed by atoms with van der Waals surface area (Å²) in [6.07, 6.45) is 10.4. The number of aliphatic hydroxyl groups is 1. The normalized spacial score (nSPS) is 50.8. The molecule has 10 nitrogen and oxygen atoms in total. The van der Waals surface area contributed by atoms with Gasteiger partial charge in [0, 0.05) is 67.7 Å². The average Bonchev–Trinajstić information content (AvgIpc) is 4.05. The van der Waals surface area contributed by atoms with Crippen molar-refractivity contribution >= 4 is 23.6 Å². The predicted octanol–water partition coefficient (Wildman–Crippen LogP) is 8.80. The molecule has 6 aliphatic carbocycles. The molecular formula is C50H76F2N2O8. The van der Waals surface area contributed by atoms with Gasteiger partial charge in [-0.2, -0.15) is 0 Å². The number of imide groups is 1. The van der Waals surface area contributed by atoms with Crippen molar-refractivity contribution < 1.29 is 47.3 Å². The largest absolute Gasteiger partial charge is 0.445 e. The Balaban J connectivity index is 0.000000201. The maximum absolute atomic E-state index is 14.0. The maximum atomic E-state index is 14.0. The van der Waals surface area contributed by atoms with E-state index in [0.717, 1.165) is 70.9 Å². The first-order valence-corrected chi connectivity index (χ1v) is 23.8. The van der Waals surface area contributed by atoms with Crippen LogP contribution in [0, 0.1) is 79.8 Å². The minimum Gasteiger partial charge on any atom is -0.445 e. The number of ketones is 2. The molecule has 348 valence electrons. The predicted molar refractivity (Wildman–Crippen MR) is 232 cm³/mol. The Morgan fingerprint density at radius 3 is 1.68 bits per heavy atom. The first kappa shape index (κ1) is 47.4. The molecule has 2 N–H and O–H groups in total. The average molecular weight is 871 g/mol. The summed E-state index contributed by atoms with van der Waals surface area (Å²) >= 11 is 0. The summed E-state index contributed by atoms with van der Waals surface area (Å²) in [4.78, 5) is 55.9. The quantitative estimate of drug-likeness (QED) is 0.269. The minimum atomic E-state index is -1.12. The van der Waals surface area contributed by atoms with Crippen molar-refractivity contribution in [1.29, 1.82) is 0 Å². The smallest absolute Gasteiger partial charge is 0.414 e. The van der Waals surface area contributed by atoms with Crippen LogP contribution in [0.25, 0.3) is 0 Å². The van der Waals surface area contributed by atoms with Crippen LogP contribution in [0.1, 0.15) is 126 Å². The van der Waals surface area contributed by atoms with Crippen molar-refractivity contribution in [2.75, 3.05) is 33.9 Å². The van der Waals surface area contributed by atoms with Gasteiger partial charge in [0.2, 0.25) is 5.91 Å². The van der Waals surface area contributed by atoms with Gasteiger partial charge in [-0.05, 0) is 131 Å². The van der Waals surface area contributed by atoms with Crippen LogP contribution in [0.4, 0.5) is 13.6 Å². The van der Waals surface area contributed by atoms with E-state index in [-0.39, 0.29) is 100 Å². The van der Waals surface area contributed by atoms with Crippen molar-refractivity contribution in [3.8, 4) is 0 Å². The number of Topliss-reactive ketones (excluding diaryl/α,β-unsaturated/α-hetero) is 2. The van der Waals surface area contributed by atoms with E-state index in [1.807, 2.05) is 13.8 Å². The minimum absolute atomic E-state index is 0.0125. The van der Waals surface area contributed by atoms with E-state index in [1.54, 1.807) is 28.1 Å². The van der Waals surface area contributed by atoms with E-state index in [1.165, 1.54) is 12.2 Å². The fourth-order valence-electron chi connectivity index (χ4n) is 16.1. The second kappa shape index (κ2) is 17.0. The Labute approximate surface area is 369 Å². The molecular weight excluding hydrogens is 795 g/mol. The van der Waals surface area contributed by atoms with Crippen LogP contribution in [0.15, 0.2) is 24.8 Å². The van der Waals surface area contributed by atoms with Crippen molar-refractivity contribution in [3.63, 3.8) is 0 Å². The third kappa shape index (κ3) is 7.11. The summed E-state index contributed by atoms with van der Waals surface area (Å²) in [5.41, 5.74) is -3.34. The van der Waals surface area contributed by atoms with Gasteiger partial charge in [-0.25, -0.2) is 13.6 Å². The zero-order valence-corrected chi connectivity index (χ0v) is 39.1. The van der Waals surface area contributed by atoms with E-state index in [9.17, 15) is 33.1 Å². The number of aliphatic hydroxyl groups excluding tert-OH is 1. The summed E-state index contributed by atoms with van der Waals surface area (Å²) in [6.45, 7) is 18.9. The number of nitrogens with zero attached hydrogens (tertiary/aromatic N) is 1. The topological polar surface area (TPSA) is 131 Å². The van der Waals surface area contributed by atoms with Gasteiger partial charge in [0.25, 0.3) is 0 Å². The number of alkyl carbamates (subject to hydrolysis) is 1. The van der Waals surface area contributed by atoms with Gasteiger partial charge < -0.3 is 24.2 Å². The van der Waals surface area contributed by atoms with Crippen LogP contribution in [0.2, 0.25) is 0 Å². The van der Waals surface area contributed by atoms with E-state index >= 15 is 0 Å². The number of rotatable bonds is 6.